The lowest BCUT2D eigenvalue weighted by molar-refractivity contribution is -0.138. The second-order valence-corrected chi connectivity index (χ2v) is 7.62. The number of guanidine groups is 1. The summed E-state index contributed by atoms with van der Waals surface area (Å²) in [6.07, 6.45) is 4.10. The molecular formula is C21H34N4O2. The van der Waals surface area contributed by atoms with E-state index in [4.69, 9.17) is 4.74 Å². The van der Waals surface area contributed by atoms with Gasteiger partial charge in [-0.2, -0.15) is 0 Å². The molecule has 1 N–H and O–H groups in total. The molecule has 27 heavy (non-hydrogen) atoms. The van der Waals surface area contributed by atoms with E-state index in [9.17, 15) is 4.79 Å². The van der Waals surface area contributed by atoms with Crippen molar-refractivity contribution in [3.8, 4) is 5.75 Å². The van der Waals surface area contributed by atoms with E-state index < -0.39 is 0 Å². The highest BCUT2D eigenvalue weighted by Crippen LogP contribution is 2.38. The van der Waals surface area contributed by atoms with Gasteiger partial charge in [0.15, 0.2) is 5.96 Å². The number of para-hydroxylation sites is 1. The molecule has 6 heteroatoms. The third-order valence-corrected chi connectivity index (χ3v) is 5.36. The Hall–Kier alpha value is -2.24. The van der Waals surface area contributed by atoms with Crippen LogP contribution in [0.15, 0.2) is 29.3 Å². The predicted molar refractivity (Wildman–Crippen MR) is 110 cm³/mol. The predicted octanol–water partition coefficient (Wildman–Crippen LogP) is 2.53. The average molecular weight is 375 g/mol. The van der Waals surface area contributed by atoms with Crippen molar-refractivity contribution in [2.75, 3.05) is 47.9 Å². The molecule has 2 rings (SSSR count). The van der Waals surface area contributed by atoms with E-state index in [1.54, 1.807) is 11.9 Å². The van der Waals surface area contributed by atoms with Gasteiger partial charge in [-0.1, -0.05) is 31.0 Å². The average Bonchev–Trinajstić information content (AvgIpc) is 3.13. The molecule has 0 radical (unpaired) electrons. The molecule has 0 spiro atoms. The molecule has 0 aliphatic heterocycles. The number of benzene rings is 1. The van der Waals surface area contributed by atoms with Crippen LogP contribution in [0.5, 0.6) is 5.75 Å². The van der Waals surface area contributed by atoms with E-state index in [1.807, 2.05) is 57.2 Å². The maximum Gasteiger partial charge on any atom is 0.230 e. The quantitative estimate of drug-likeness (QED) is 0.589. The molecule has 1 aromatic carbocycles. The monoisotopic (exact) mass is 374 g/mol. The van der Waals surface area contributed by atoms with Crippen LogP contribution in [0.2, 0.25) is 0 Å². The lowest BCUT2D eigenvalue weighted by Crippen LogP contribution is -2.50. The maximum atomic E-state index is 12.7. The number of rotatable bonds is 7. The molecule has 0 unspecified atom stereocenters. The van der Waals surface area contributed by atoms with Gasteiger partial charge in [-0.25, -0.2) is 0 Å². The van der Waals surface area contributed by atoms with Crippen molar-refractivity contribution in [3.05, 3.63) is 29.8 Å². The summed E-state index contributed by atoms with van der Waals surface area (Å²) in [6, 6.07) is 8.02. The van der Waals surface area contributed by atoms with Crippen LogP contribution in [0.4, 0.5) is 0 Å². The Morgan fingerprint density at radius 3 is 2.48 bits per heavy atom. The standard InChI is InChI=1S/C21H34N4O2/c1-17-10-6-7-11-18(17)27-15-14-25(5)20(22-2)23-16-21(12-8-9-13-21)19(26)24(3)4/h6-7,10-11H,8-9,12-16H2,1-5H3,(H,22,23). The molecule has 1 fully saturated rings. The molecule has 150 valence electrons. The number of hydrogen-bond donors (Lipinski definition) is 1. The Kier molecular flexibility index (Phi) is 7.51. The van der Waals surface area contributed by atoms with E-state index in [0.29, 0.717) is 19.7 Å². The molecule has 6 nitrogen and oxygen atoms in total. The first-order chi connectivity index (χ1) is 12.9. The molecule has 0 aromatic heterocycles. The van der Waals surface area contributed by atoms with Crippen LogP contribution in [0.3, 0.4) is 0 Å². The zero-order valence-electron chi connectivity index (χ0n) is 17.4. The van der Waals surface area contributed by atoms with Gasteiger partial charge < -0.3 is 19.9 Å². The molecule has 1 aliphatic rings. The zero-order valence-corrected chi connectivity index (χ0v) is 17.4. The zero-order chi connectivity index (χ0) is 19.9. The first kappa shape index (κ1) is 21.1. The first-order valence-electron chi connectivity index (χ1n) is 9.71. The number of ether oxygens (including phenoxy) is 1. The van der Waals surface area contributed by atoms with Gasteiger partial charge in [0.2, 0.25) is 5.91 Å². The normalized spacial score (nSPS) is 16.1. The summed E-state index contributed by atoms with van der Waals surface area (Å²) in [4.78, 5) is 20.8. The molecule has 1 saturated carbocycles. The second-order valence-electron chi connectivity index (χ2n) is 7.62. The number of likely N-dealkylation sites (N-methyl/N-ethyl adjacent to an activating group) is 1. The Morgan fingerprint density at radius 1 is 1.22 bits per heavy atom. The van der Waals surface area contributed by atoms with Crippen LogP contribution in [-0.2, 0) is 4.79 Å². The van der Waals surface area contributed by atoms with Crippen molar-refractivity contribution < 1.29 is 9.53 Å². The molecule has 1 amide bonds. The van der Waals surface area contributed by atoms with Gasteiger partial charge in [-0.05, 0) is 31.4 Å². The van der Waals surface area contributed by atoms with E-state index in [0.717, 1.165) is 43.0 Å². The molecule has 0 bridgehead atoms. The Balaban J connectivity index is 1.88. The summed E-state index contributed by atoms with van der Waals surface area (Å²) in [5.41, 5.74) is 0.825. The topological polar surface area (TPSA) is 57.2 Å². The number of aliphatic imine (C=N–C) groups is 1. The van der Waals surface area contributed by atoms with Gasteiger partial charge in [0.25, 0.3) is 0 Å². The molecule has 0 saturated heterocycles. The van der Waals surface area contributed by atoms with Crippen LogP contribution in [0.25, 0.3) is 0 Å². The summed E-state index contributed by atoms with van der Waals surface area (Å²) in [5.74, 6) is 1.92. The number of nitrogens with one attached hydrogen (secondary N) is 1. The fourth-order valence-corrected chi connectivity index (χ4v) is 3.74. The number of carbonyl (C=O) groups excluding carboxylic acids is 1. The highest BCUT2D eigenvalue weighted by Gasteiger charge is 2.42. The SMILES string of the molecule is CN=C(NCC1(C(=O)N(C)C)CCCC1)N(C)CCOc1ccccc1C. The van der Waals surface area contributed by atoms with Gasteiger partial charge >= 0.3 is 0 Å². The van der Waals surface area contributed by atoms with Crippen molar-refractivity contribution >= 4 is 11.9 Å². The molecule has 0 atom stereocenters. The molecular weight excluding hydrogens is 340 g/mol. The highest BCUT2D eigenvalue weighted by molar-refractivity contribution is 5.85. The van der Waals surface area contributed by atoms with Crippen molar-refractivity contribution in [1.82, 2.24) is 15.1 Å². The van der Waals surface area contributed by atoms with Crippen LogP contribution < -0.4 is 10.1 Å². The van der Waals surface area contributed by atoms with Gasteiger partial charge in [0.1, 0.15) is 12.4 Å². The fraction of sp³-hybridized carbons (Fsp3) is 0.619. The third-order valence-electron chi connectivity index (χ3n) is 5.36. The Labute approximate surface area is 163 Å². The minimum absolute atomic E-state index is 0.216. The smallest absolute Gasteiger partial charge is 0.230 e. The second kappa shape index (κ2) is 9.62. The molecule has 1 aliphatic carbocycles. The number of amides is 1. The van der Waals surface area contributed by atoms with E-state index in [1.165, 1.54) is 0 Å². The van der Waals surface area contributed by atoms with Crippen LogP contribution in [-0.4, -0.2) is 69.6 Å². The van der Waals surface area contributed by atoms with Crippen LogP contribution in [0, 0.1) is 12.3 Å². The van der Waals surface area contributed by atoms with Crippen molar-refractivity contribution in [3.63, 3.8) is 0 Å². The number of carbonyl (C=O) groups is 1. The van der Waals surface area contributed by atoms with Gasteiger partial charge in [-0.15, -0.1) is 0 Å². The van der Waals surface area contributed by atoms with Gasteiger partial charge in [0.05, 0.1) is 12.0 Å². The lowest BCUT2D eigenvalue weighted by Gasteiger charge is -2.32. The largest absolute Gasteiger partial charge is 0.491 e. The van der Waals surface area contributed by atoms with E-state index in [2.05, 4.69) is 10.3 Å². The van der Waals surface area contributed by atoms with Gasteiger partial charge in [-0.3, -0.25) is 9.79 Å². The minimum atomic E-state index is -0.308. The van der Waals surface area contributed by atoms with Crippen LogP contribution >= 0.6 is 0 Å². The first-order valence-corrected chi connectivity index (χ1v) is 9.71. The van der Waals surface area contributed by atoms with Crippen molar-refractivity contribution in [2.24, 2.45) is 10.4 Å². The minimum Gasteiger partial charge on any atom is -0.491 e. The fourth-order valence-electron chi connectivity index (χ4n) is 3.74. The number of hydrogen-bond acceptors (Lipinski definition) is 3. The van der Waals surface area contributed by atoms with E-state index >= 15 is 0 Å². The Bertz CT molecular complexity index is 651. The van der Waals surface area contributed by atoms with Gasteiger partial charge in [0, 0.05) is 34.7 Å². The third kappa shape index (κ3) is 5.37. The number of aryl methyl sites for hydroxylation is 1. The molecule has 1 aromatic rings. The lowest BCUT2D eigenvalue weighted by atomic mass is 9.84. The summed E-state index contributed by atoms with van der Waals surface area (Å²) in [7, 11) is 7.44. The summed E-state index contributed by atoms with van der Waals surface area (Å²) in [5, 5.41) is 3.42. The summed E-state index contributed by atoms with van der Waals surface area (Å²) < 4.78 is 5.88. The number of nitrogens with zero attached hydrogens (tertiary/aromatic N) is 3. The summed E-state index contributed by atoms with van der Waals surface area (Å²) in [6.45, 7) is 3.95. The highest BCUT2D eigenvalue weighted by atomic mass is 16.5. The molecule has 0 heterocycles. The Morgan fingerprint density at radius 2 is 1.89 bits per heavy atom. The summed E-state index contributed by atoms with van der Waals surface area (Å²) >= 11 is 0. The maximum absolute atomic E-state index is 12.7. The van der Waals surface area contributed by atoms with Crippen molar-refractivity contribution in [1.29, 1.82) is 0 Å². The van der Waals surface area contributed by atoms with Crippen LogP contribution in [0.1, 0.15) is 31.2 Å². The van der Waals surface area contributed by atoms with E-state index in [-0.39, 0.29) is 11.3 Å². The van der Waals surface area contributed by atoms with Crippen molar-refractivity contribution in [2.45, 2.75) is 32.6 Å².